The maximum atomic E-state index is 11.8. The summed E-state index contributed by atoms with van der Waals surface area (Å²) in [6.07, 6.45) is 0.252. The number of fused-ring (bicyclic) bond motifs is 1. The van der Waals surface area contributed by atoms with Gasteiger partial charge in [0.25, 0.3) is 11.7 Å². The lowest BCUT2D eigenvalue weighted by atomic mass is 10.1. The molecule has 1 amide bonds. The van der Waals surface area contributed by atoms with Crippen LogP contribution in [-0.4, -0.2) is 36.4 Å². The molecule has 1 aromatic carbocycles. The smallest absolute Gasteiger partial charge is 0.303 e. The lowest BCUT2D eigenvalue weighted by Gasteiger charge is -2.16. The highest BCUT2D eigenvalue weighted by Gasteiger charge is 2.35. The third-order valence-electron chi connectivity index (χ3n) is 2.95. The monoisotopic (exact) mass is 263 g/mol. The van der Waals surface area contributed by atoms with Gasteiger partial charge in [0.05, 0.1) is 18.4 Å². The lowest BCUT2D eigenvalue weighted by Crippen LogP contribution is -2.30. The summed E-state index contributed by atoms with van der Waals surface area (Å²) in [6, 6.07) is 4.77. The molecule has 2 rings (SSSR count). The number of Topliss-reactive ketones (excluding diaryl/α,β-unsaturated/α-hetero) is 1. The van der Waals surface area contributed by atoms with Crippen LogP contribution >= 0.6 is 0 Å². The van der Waals surface area contributed by atoms with E-state index in [1.807, 2.05) is 0 Å². The first-order valence-corrected chi connectivity index (χ1v) is 5.80. The predicted octanol–water partition coefficient (Wildman–Crippen LogP) is 1.09. The van der Waals surface area contributed by atoms with E-state index in [2.05, 4.69) is 0 Å². The third kappa shape index (κ3) is 2.42. The quantitative estimate of drug-likeness (QED) is 0.804. The number of carboxylic acids is 1. The van der Waals surface area contributed by atoms with E-state index < -0.39 is 17.7 Å². The van der Waals surface area contributed by atoms with E-state index in [1.54, 1.807) is 18.2 Å². The molecule has 0 saturated carbocycles. The van der Waals surface area contributed by atoms with Crippen LogP contribution in [0.1, 0.15) is 23.2 Å². The van der Waals surface area contributed by atoms with Crippen molar-refractivity contribution in [2.75, 3.05) is 18.6 Å². The normalized spacial score (nSPS) is 13.6. The summed E-state index contributed by atoms with van der Waals surface area (Å²) in [7, 11) is 1.50. The van der Waals surface area contributed by atoms with Gasteiger partial charge in [0, 0.05) is 19.0 Å². The first-order chi connectivity index (χ1) is 9.04. The average molecular weight is 263 g/mol. The van der Waals surface area contributed by atoms with Crippen molar-refractivity contribution in [2.45, 2.75) is 12.8 Å². The van der Waals surface area contributed by atoms with Crippen LogP contribution in [0.2, 0.25) is 0 Å². The topological polar surface area (TPSA) is 83.9 Å². The highest BCUT2D eigenvalue weighted by Crippen LogP contribution is 2.32. The fraction of sp³-hybridized carbons (Fsp3) is 0.308. The highest BCUT2D eigenvalue weighted by molar-refractivity contribution is 6.52. The van der Waals surface area contributed by atoms with Gasteiger partial charge in [-0.25, -0.2) is 0 Å². The maximum Gasteiger partial charge on any atom is 0.303 e. The second-order valence-corrected chi connectivity index (χ2v) is 4.17. The van der Waals surface area contributed by atoms with Gasteiger partial charge in [0.1, 0.15) is 5.75 Å². The number of methoxy groups -OCH3 is 1. The standard InChI is InChI=1S/C13H13NO5/c1-19-8-4-5-9-10(7-8)14(13(18)12(9)17)6-2-3-11(15)16/h4-5,7H,2-3,6H2,1H3,(H,15,16). The third-order valence-corrected chi connectivity index (χ3v) is 2.95. The molecule has 6 nitrogen and oxygen atoms in total. The number of carboxylic acid groups (broad SMARTS) is 1. The van der Waals surface area contributed by atoms with E-state index in [4.69, 9.17) is 9.84 Å². The van der Waals surface area contributed by atoms with Gasteiger partial charge in [-0.05, 0) is 18.6 Å². The minimum absolute atomic E-state index is 0.0444. The predicted molar refractivity (Wildman–Crippen MR) is 66.5 cm³/mol. The number of ether oxygens (including phenoxy) is 1. The molecule has 1 heterocycles. The maximum absolute atomic E-state index is 11.8. The molecule has 0 aliphatic carbocycles. The highest BCUT2D eigenvalue weighted by atomic mass is 16.5. The van der Waals surface area contributed by atoms with Crippen LogP contribution < -0.4 is 9.64 Å². The zero-order chi connectivity index (χ0) is 14.0. The molecule has 19 heavy (non-hydrogen) atoms. The number of anilines is 1. The van der Waals surface area contributed by atoms with E-state index in [9.17, 15) is 14.4 Å². The Morgan fingerprint density at radius 1 is 1.37 bits per heavy atom. The van der Waals surface area contributed by atoms with E-state index >= 15 is 0 Å². The van der Waals surface area contributed by atoms with Crippen LogP contribution in [0.3, 0.4) is 0 Å². The first kappa shape index (κ1) is 13.1. The Morgan fingerprint density at radius 3 is 2.74 bits per heavy atom. The molecule has 0 atom stereocenters. The summed E-state index contributed by atoms with van der Waals surface area (Å²) < 4.78 is 5.06. The van der Waals surface area contributed by atoms with E-state index in [0.717, 1.165) is 0 Å². The zero-order valence-electron chi connectivity index (χ0n) is 10.4. The van der Waals surface area contributed by atoms with Gasteiger partial charge < -0.3 is 14.7 Å². The molecule has 1 aromatic rings. The largest absolute Gasteiger partial charge is 0.497 e. The molecule has 1 aliphatic rings. The van der Waals surface area contributed by atoms with Crippen molar-refractivity contribution in [2.24, 2.45) is 0 Å². The number of amides is 1. The summed E-state index contributed by atoms with van der Waals surface area (Å²) in [6.45, 7) is 0.205. The fourth-order valence-corrected chi connectivity index (χ4v) is 2.01. The van der Waals surface area contributed by atoms with E-state index in [1.165, 1.54) is 12.0 Å². The van der Waals surface area contributed by atoms with E-state index in [-0.39, 0.29) is 13.0 Å². The Hall–Kier alpha value is -2.37. The summed E-state index contributed by atoms with van der Waals surface area (Å²) >= 11 is 0. The second kappa shape index (κ2) is 5.09. The molecule has 1 N–H and O–H groups in total. The van der Waals surface area contributed by atoms with Crippen LogP contribution in [0, 0.1) is 0 Å². The average Bonchev–Trinajstić information content (AvgIpc) is 2.63. The molecule has 0 radical (unpaired) electrons. The van der Waals surface area contributed by atoms with Crippen molar-refractivity contribution in [3.05, 3.63) is 23.8 Å². The Bertz CT molecular complexity index is 552. The summed E-state index contributed by atoms with van der Waals surface area (Å²) in [5.74, 6) is -1.56. The van der Waals surface area contributed by atoms with Crippen LogP contribution in [0.4, 0.5) is 5.69 Å². The number of ketones is 1. The lowest BCUT2D eigenvalue weighted by molar-refractivity contribution is -0.137. The fourth-order valence-electron chi connectivity index (χ4n) is 2.01. The van der Waals surface area contributed by atoms with Crippen LogP contribution in [-0.2, 0) is 9.59 Å². The van der Waals surface area contributed by atoms with Gasteiger partial charge in [-0.3, -0.25) is 14.4 Å². The van der Waals surface area contributed by atoms with Crippen molar-refractivity contribution < 1.29 is 24.2 Å². The van der Waals surface area contributed by atoms with Crippen LogP contribution in [0.25, 0.3) is 0 Å². The minimum atomic E-state index is -0.927. The summed E-state index contributed by atoms with van der Waals surface area (Å²) in [4.78, 5) is 35.4. The zero-order valence-corrected chi connectivity index (χ0v) is 10.4. The first-order valence-electron chi connectivity index (χ1n) is 5.80. The Labute approximate surface area is 109 Å². The van der Waals surface area contributed by atoms with Gasteiger partial charge in [0.2, 0.25) is 0 Å². The number of benzene rings is 1. The van der Waals surface area contributed by atoms with Gasteiger partial charge in [-0.15, -0.1) is 0 Å². The number of carbonyl (C=O) groups is 3. The molecule has 100 valence electrons. The van der Waals surface area contributed by atoms with Gasteiger partial charge in [-0.2, -0.15) is 0 Å². The van der Waals surface area contributed by atoms with E-state index in [0.29, 0.717) is 23.4 Å². The van der Waals surface area contributed by atoms with Gasteiger partial charge >= 0.3 is 5.97 Å². The second-order valence-electron chi connectivity index (χ2n) is 4.17. The molecule has 0 aromatic heterocycles. The number of aliphatic carboxylic acids is 1. The van der Waals surface area contributed by atoms with Crippen molar-refractivity contribution in [1.82, 2.24) is 0 Å². The summed E-state index contributed by atoms with van der Waals surface area (Å²) in [5.41, 5.74) is 0.820. The minimum Gasteiger partial charge on any atom is -0.497 e. The van der Waals surface area contributed by atoms with Gasteiger partial charge in [0.15, 0.2) is 0 Å². The number of nitrogens with zero attached hydrogens (tertiary/aromatic N) is 1. The summed E-state index contributed by atoms with van der Waals surface area (Å²) in [5, 5.41) is 8.59. The number of hydrogen-bond acceptors (Lipinski definition) is 4. The molecule has 0 unspecified atom stereocenters. The molecule has 0 fully saturated rings. The van der Waals surface area contributed by atoms with Crippen molar-refractivity contribution >= 4 is 23.3 Å². The Balaban J connectivity index is 2.24. The van der Waals surface area contributed by atoms with Crippen LogP contribution in [0.5, 0.6) is 5.75 Å². The molecular formula is C13H13NO5. The van der Waals surface area contributed by atoms with Crippen LogP contribution in [0.15, 0.2) is 18.2 Å². The number of hydrogen-bond donors (Lipinski definition) is 1. The molecular weight excluding hydrogens is 250 g/mol. The SMILES string of the molecule is COc1ccc2c(c1)N(CCCC(=O)O)C(=O)C2=O. The van der Waals surface area contributed by atoms with Gasteiger partial charge in [-0.1, -0.05) is 0 Å². The number of rotatable bonds is 5. The van der Waals surface area contributed by atoms with Crippen molar-refractivity contribution in [1.29, 1.82) is 0 Å². The number of carbonyl (C=O) groups excluding carboxylic acids is 2. The van der Waals surface area contributed by atoms with Crippen molar-refractivity contribution in [3.8, 4) is 5.75 Å². The molecule has 0 spiro atoms. The molecule has 6 heteroatoms. The molecule has 1 aliphatic heterocycles. The molecule has 0 saturated heterocycles. The molecule has 0 bridgehead atoms. The van der Waals surface area contributed by atoms with Crippen molar-refractivity contribution in [3.63, 3.8) is 0 Å². The Kier molecular flexibility index (Phi) is 3.50. The Morgan fingerprint density at radius 2 is 2.11 bits per heavy atom.